The van der Waals surface area contributed by atoms with Gasteiger partial charge in [0.1, 0.15) is 0 Å². The van der Waals surface area contributed by atoms with Crippen molar-refractivity contribution in [1.82, 2.24) is 4.90 Å². The molecular formula is C19H30N2. The topological polar surface area (TPSA) is 29.3 Å². The number of likely N-dealkylation sites (tertiary alicyclic amines) is 1. The Morgan fingerprint density at radius 3 is 2.76 bits per heavy atom. The summed E-state index contributed by atoms with van der Waals surface area (Å²) in [7, 11) is 0. The van der Waals surface area contributed by atoms with Crippen molar-refractivity contribution in [3.63, 3.8) is 0 Å². The van der Waals surface area contributed by atoms with Gasteiger partial charge in [0.05, 0.1) is 5.54 Å². The zero-order valence-electron chi connectivity index (χ0n) is 13.6. The minimum absolute atomic E-state index is 0.0904. The van der Waals surface area contributed by atoms with Crippen LogP contribution >= 0.6 is 0 Å². The van der Waals surface area contributed by atoms with Crippen molar-refractivity contribution in [2.45, 2.75) is 57.4 Å². The molecular weight excluding hydrogens is 256 g/mol. The molecule has 0 saturated carbocycles. The van der Waals surface area contributed by atoms with E-state index < -0.39 is 0 Å². The molecule has 1 aromatic carbocycles. The van der Waals surface area contributed by atoms with Crippen molar-refractivity contribution in [1.29, 1.82) is 0 Å². The highest BCUT2D eigenvalue weighted by atomic mass is 15.2. The zero-order chi connectivity index (χ0) is 14.9. The fourth-order valence-corrected chi connectivity index (χ4v) is 4.46. The van der Waals surface area contributed by atoms with Crippen LogP contribution in [0.2, 0.25) is 0 Å². The van der Waals surface area contributed by atoms with Crippen LogP contribution in [-0.2, 0) is 5.54 Å². The highest BCUT2D eigenvalue weighted by Gasteiger charge is 2.42. The van der Waals surface area contributed by atoms with Crippen LogP contribution in [0.1, 0.15) is 63.0 Å². The van der Waals surface area contributed by atoms with Crippen molar-refractivity contribution in [3.05, 3.63) is 35.4 Å². The van der Waals surface area contributed by atoms with Gasteiger partial charge < -0.3 is 5.73 Å². The Kier molecular flexibility index (Phi) is 4.37. The van der Waals surface area contributed by atoms with Crippen LogP contribution in [0.15, 0.2) is 24.3 Å². The standard InChI is InChI=1S/C19H30N2/c1-15-6-5-12-21(13-10-15)19(14-20)11-9-16(2)17-7-3-4-8-18(17)19/h3-4,7-8,15-16H,5-6,9-14,20H2,1-2H3. The summed E-state index contributed by atoms with van der Waals surface area (Å²) < 4.78 is 0. The van der Waals surface area contributed by atoms with Crippen LogP contribution in [0.5, 0.6) is 0 Å². The normalized spacial score (nSPS) is 34.2. The molecule has 0 spiro atoms. The Bertz CT molecular complexity index is 484. The second-order valence-electron chi connectivity index (χ2n) is 7.29. The number of nitrogens with zero attached hydrogens (tertiary/aromatic N) is 1. The quantitative estimate of drug-likeness (QED) is 0.894. The third-order valence-electron chi connectivity index (χ3n) is 5.94. The van der Waals surface area contributed by atoms with E-state index in [4.69, 9.17) is 5.73 Å². The minimum atomic E-state index is 0.0904. The Morgan fingerprint density at radius 1 is 1.14 bits per heavy atom. The Balaban J connectivity index is 1.98. The van der Waals surface area contributed by atoms with Crippen LogP contribution in [-0.4, -0.2) is 24.5 Å². The van der Waals surface area contributed by atoms with Crippen molar-refractivity contribution < 1.29 is 0 Å². The summed E-state index contributed by atoms with van der Waals surface area (Å²) in [6.07, 6.45) is 6.49. The van der Waals surface area contributed by atoms with Gasteiger partial charge in [0.25, 0.3) is 0 Å². The third kappa shape index (κ3) is 2.64. The average molecular weight is 286 g/mol. The van der Waals surface area contributed by atoms with Gasteiger partial charge in [-0.05, 0) is 68.2 Å². The van der Waals surface area contributed by atoms with Crippen LogP contribution in [0.25, 0.3) is 0 Å². The van der Waals surface area contributed by atoms with E-state index >= 15 is 0 Å². The van der Waals surface area contributed by atoms with Crippen molar-refractivity contribution >= 4 is 0 Å². The van der Waals surface area contributed by atoms with Crippen molar-refractivity contribution in [3.8, 4) is 0 Å². The number of fused-ring (bicyclic) bond motifs is 1. The van der Waals surface area contributed by atoms with Crippen LogP contribution < -0.4 is 5.73 Å². The molecule has 1 aliphatic heterocycles. The van der Waals surface area contributed by atoms with Gasteiger partial charge in [0.15, 0.2) is 0 Å². The summed E-state index contributed by atoms with van der Waals surface area (Å²) >= 11 is 0. The van der Waals surface area contributed by atoms with Gasteiger partial charge in [-0.3, -0.25) is 4.90 Å². The molecule has 21 heavy (non-hydrogen) atoms. The van der Waals surface area contributed by atoms with Crippen LogP contribution in [0.4, 0.5) is 0 Å². The predicted octanol–water partition coefficient (Wildman–Crippen LogP) is 3.86. The Morgan fingerprint density at radius 2 is 1.95 bits per heavy atom. The summed E-state index contributed by atoms with van der Waals surface area (Å²) in [6.45, 7) is 7.94. The lowest BCUT2D eigenvalue weighted by Crippen LogP contribution is -2.53. The summed E-state index contributed by atoms with van der Waals surface area (Å²) in [5.74, 6) is 1.54. The molecule has 1 aliphatic carbocycles. The lowest BCUT2D eigenvalue weighted by molar-refractivity contribution is 0.0733. The lowest BCUT2D eigenvalue weighted by atomic mass is 9.71. The molecule has 2 N–H and O–H groups in total. The first kappa shape index (κ1) is 15.1. The largest absolute Gasteiger partial charge is 0.328 e. The second-order valence-corrected chi connectivity index (χ2v) is 7.29. The molecule has 1 aromatic rings. The van der Waals surface area contributed by atoms with Crippen LogP contribution in [0.3, 0.4) is 0 Å². The first-order chi connectivity index (χ1) is 10.2. The lowest BCUT2D eigenvalue weighted by Gasteiger charge is -2.48. The molecule has 3 rings (SSSR count). The van der Waals surface area contributed by atoms with Gasteiger partial charge in [-0.2, -0.15) is 0 Å². The van der Waals surface area contributed by atoms with Crippen molar-refractivity contribution in [2.75, 3.05) is 19.6 Å². The smallest absolute Gasteiger partial charge is 0.0586 e. The summed E-state index contributed by atoms with van der Waals surface area (Å²) in [6, 6.07) is 9.05. The number of nitrogens with two attached hydrogens (primary N) is 1. The fourth-order valence-electron chi connectivity index (χ4n) is 4.46. The van der Waals surface area contributed by atoms with E-state index in [1.807, 2.05) is 0 Å². The predicted molar refractivity (Wildman–Crippen MR) is 89.4 cm³/mol. The van der Waals surface area contributed by atoms with Gasteiger partial charge in [-0.25, -0.2) is 0 Å². The molecule has 1 heterocycles. The SMILES string of the molecule is CC1CCCN(C2(CN)CCC(C)c3ccccc32)CC1. The van der Waals surface area contributed by atoms with Gasteiger partial charge in [-0.1, -0.05) is 38.1 Å². The third-order valence-corrected chi connectivity index (χ3v) is 5.94. The second kappa shape index (κ2) is 6.10. The molecule has 2 heteroatoms. The minimum Gasteiger partial charge on any atom is -0.328 e. The summed E-state index contributed by atoms with van der Waals surface area (Å²) in [5, 5.41) is 0. The monoisotopic (exact) mass is 286 g/mol. The van der Waals surface area contributed by atoms with Crippen molar-refractivity contribution in [2.24, 2.45) is 11.7 Å². The maximum atomic E-state index is 6.37. The number of hydrogen-bond acceptors (Lipinski definition) is 2. The van der Waals surface area contributed by atoms with E-state index in [9.17, 15) is 0 Å². The molecule has 1 saturated heterocycles. The first-order valence-electron chi connectivity index (χ1n) is 8.72. The van der Waals surface area contributed by atoms with Gasteiger partial charge in [-0.15, -0.1) is 0 Å². The molecule has 0 radical (unpaired) electrons. The van der Waals surface area contributed by atoms with E-state index in [1.54, 1.807) is 0 Å². The Labute approximate surface area is 129 Å². The van der Waals surface area contributed by atoms with Gasteiger partial charge in [0, 0.05) is 6.54 Å². The molecule has 1 fully saturated rings. The molecule has 116 valence electrons. The first-order valence-corrected chi connectivity index (χ1v) is 8.72. The zero-order valence-corrected chi connectivity index (χ0v) is 13.6. The highest BCUT2D eigenvalue weighted by molar-refractivity contribution is 5.39. The Hall–Kier alpha value is -0.860. The fraction of sp³-hybridized carbons (Fsp3) is 0.684. The molecule has 0 amide bonds. The van der Waals surface area contributed by atoms with Crippen LogP contribution in [0, 0.1) is 5.92 Å². The van der Waals surface area contributed by atoms with Gasteiger partial charge >= 0.3 is 0 Å². The molecule has 0 bridgehead atoms. The maximum Gasteiger partial charge on any atom is 0.0586 e. The number of rotatable bonds is 2. The summed E-state index contributed by atoms with van der Waals surface area (Å²) in [4.78, 5) is 2.72. The van der Waals surface area contributed by atoms with E-state index in [2.05, 4.69) is 43.0 Å². The molecule has 2 aliphatic rings. The van der Waals surface area contributed by atoms with Gasteiger partial charge in [0.2, 0.25) is 0 Å². The molecule has 3 atom stereocenters. The number of hydrogen-bond donors (Lipinski definition) is 1. The molecule has 3 unspecified atom stereocenters. The molecule has 2 nitrogen and oxygen atoms in total. The molecule has 0 aromatic heterocycles. The summed E-state index contributed by atoms with van der Waals surface area (Å²) in [5.41, 5.74) is 9.51. The average Bonchev–Trinajstić information content (AvgIpc) is 2.74. The van der Waals surface area contributed by atoms with E-state index in [0.29, 0.717) is 5.92 Å². The number of benzene rings is 1. The van der Waals surface area contributed by atoms with E-state index in [0.717, 1.165) is 12.5 Å². The maximum absolute atomic E-state index is 6.37. The highest BCUT2D eigenvalue weighted by Crippen LogP contribution is 2.45. The van der Waals surface area contributed by atoms with E-state index in [-0.39, 0.29) is 5.54 Å². The van der Waals surface area contributed by atoms with E-state index in [1.165, 1.54) is 56.3 Å².